The Morgan fingerprint density at radius 1 is 1.04 bits per heavy atom. The van der Waals surface area contributed by atoms with Gasteiger partial charge >= 0.3 is 5.63 Å². The number of fused-ring (bicyclic) bond motifs is 2. The Balaban J connectivity index is 1.83. The highest BCUT2D eigenvalue weighted by Gasteiger charge is 2.39. The van der Waals surface area contributed by atoms with Crippen molar-refractivity contribution in [2.24, 2.45) is 0 Å². The van der Waals surface area contributed by atoms with Gasteiger partial charge in [0.25, 0.3) is 0 Å². The number of aliphatic hydroxyl groups excluding tert-OH is 3. The van der Waals surface area contributed by atoms with E-state index in [4.69, 9.17) is 18.3 Å². The summed E-state index contributed by atoms with van der Waals surface area (Å²) in [5.74, 6) is 0.0813. The van der Waals surface area contributed by atoms with Crippen molar-refractivity contribution in [2.45, 2.75) is 24.6 Å². The van der Waals surface area contributed by atoms with Gasteiger partial charge in [-0.3, -0.25) is 0 Å². The van der Waals surface area contributed by atoms with Gasteiger partial charge in [0.1, 0.15) is 18.3 Å². The van der Waals surface area contributed by atoms with Crippen molar-refractivity contribution >= 4 is 21.9 Å². The standard InChI is InChI=1S/C16H14O8/c17-9-6-22-16(12(20)11(9)19)24-15-13-8(3-4-21-13)5-7-1-2-10(18)23-14(7)15/h1-5,9,11-12,16-17,19-20H,6H2/t9-,11-,12+,16+/m1/s1. The average molecular weight is 334 g/mol. The molecule has 1 aliphatic heterocycles. The molecule has 0 amide bonds. The molecule has 1 aliphatic rings. The van der Waals surface area contributed by atoms with Gasteiger partial charge in [0, 0.05) is 16.8 Å². The second-order valence-corrected chi connectivity index (χ2v) is 5.59. The molecular formula is C16H14O8. The maximum Gasteiger partial charge on any atom is 0.336 e. The molecule has 126 valence electrons. The summed E-state index contributed by atoms with van der Waals surface area (Å²) in [5.41, 5.74) is -0.117. The van der Waals surface area contributed by atoms with Crippen molar-refractivity contribution < 1.29 is 33.6 Å². The quantitative estimate of drug-likeness (QED) is 0.574. The summed E-state index contributed by atoms with van der Waals surface area (Å²) in [6, 6.07) is 6.34. The molecule has 4 atom stereocenters. The van der Waals surface area contributed by atoms with Gasteiger partial charge in [-0.15, -0.1) is 0 Å². The first-order chi connectivity index (χ1) is 11.5. The molecule has 0 radical (unpaired) electrons. The molecule has 4 rings (SSSR count). The van der Waals surface area contributed by atoms with Crippen LogP contribution in [0.1, 0.15) is 0 Å². The average Bonchev–Trinajstić information content (AvgIpc) is 3.03. The summed E-state index contributed by atoms with van der Waals surface area (Å²) in [6.45, 7) is -0.209. The monoisotopic (exact) mass is 334 g/mol. The van der Waals surface area contributed by atoms with E-state index in [0.29, 0.717) is 16.4 Å². The molecule has 0 saturated carbocycles. The van der Waals surface area contributed by atoms with Gasteiger partial charge in [-0.1, -0.05) is 0 Å². The molecule has 24 heavy (non-hydrogen) atoms. The van der Waals surface area contributed by atoms with Crippen LogP contribution in [-0.4, -0.2) is 46.5 Å². The molecule has 3 heterocycles. The summed E-state index contributed by atoms with van der Waals surface area (Å²) in [7, 11) is 0. The lowest BCUT2D eigenvalue weighted by Gasteiger charge is -2.34. The van der Waals surface area contributed by atoms with Gasteiger partial charge in [-0.05, 0) is 18.2 Å². The van der Waals surface area contributed by atoms with Gasteiger partial charge in [0.05, 0.1) is 12.9 Å². The van der Waals surface area contributed by atoms with E-state index in [1.807, 2.05) is 0 Å². The molecule has 3 N–H and O–H groups in total. The van der Waals surface area contributed by atoms with E-state index >= 15 is 0 Å². The van der Waals surface area contributed by atoms with Gasteiger partial charge in [0.2, 0.25) is 12.0 Å². The number of rotatable bonds is 2. The molecule has 0 bridgehead atoms. The van der Waals surface area contributed by atoms with Crippen LogP contribution in [0.25, 0.3) is 21.9 Å². The van der Waals surface area contributed by atoms with Crippen LogP contribution in [0.4, 0.5) is 0 Å². The first-order valence-electron chi connectivity index (χ1n) is 7.31. The van der Waals surface area contributed by atoms with E-state index in [1.165, 1.54) is 12.3 Å². The van der Waals surface area contributed by atoms with E-state index < -0.39 is 30.2 Å². The van der Waals surface area contributed by atoms with Crippen molar-refractivity contribution in [1.82, 2.24) is 0 Å². The third-order valence-corrected chi connectivity index (χ3v) is 3.97. The van der Waals surface area contributed by atoms with Crippen LogP contribution in [0.2, 0.25) is 0 Å². The fourth-order valence-electron chi connectivity index (χ4n) is 2.71. The lowest BCUT2D eigenvalue weighted by atomic mass is 10.1. The van der Waals surface area contributed by atoms with Crippen molar-refractivity contribution in [3.8, 4) is 5.75 Å². The highest BCUT2D eigenvalue weighted by molar-refractivity contribution is 5.99. The minimum Gasteiger partial charge on any atom is -0.460 e. The normalized spacial score (nSPS) is 27.6. The van der Waals surface area contributed by atoms with Crippen molar-refractivity contribution in [3.63, 3.8) is 0 Å². The maximum atomic E-state index is 11.6. The Hall–Kier alpha value is -2.39. The predicted molar refractivity (Wildman–Crippen MR) is 80.6 cm³/mol. The molecule has 8 nitrogen and oxygen atoms in total. The molecule has 2 aromatic heterocycles. The number of benzene rings is 1. The number of hydrogen-bond acceptors (Lipinski definition) is 8. The molecule has 1 saturated heterocycles. The fourth-order valence-corrected chi connectivity index (χ4v) is 2.71. The van der Waals surface area contributed by atoms with E-state index in [0.717, 1.165) is 0 Å². The molecule has 0 unspecified atom stereocenters. The zero-order valence-corrected chi connectivity index (χ0v) is 12.3. The maximum absolute atomic E-state index is 11.6. The van der Waals surface area contributed by atoms with Gasteiger partial charge in [-0.2, -0.15) is 0 Å². The number of hydrogen-bond donors (Lipinski definition) is 3. The summed E-state index contributed by atoms with van der Waals surface area (Å²) in [4.78, 5) is 11.6. The summed E-state index contributed by atoms with van der Waals surface area (Å²) in [5, 5.41) is 30.6. The second-order valence-electron chi connectivity index (χ2n) is 5.59. The van der Waals surface area contributed by atoms with Crippen LogP contribution in [0.15, 0.2) is 44.2 Å². The summed E-state index contributed by atoms with van der Waals surface area (Å²) in [6.07, 6.45) is -3.92. The number of ether oxygens (including phenoxy) is 2. The van der Waals surface area contributed by atoms with Gasteiger partial charge in [0.15, 0.2) is 11.2 Å². The van der Waals surface area contributed by atoms with Crippen LogP contribution in [0, 0.1) is 0 Å². The smallest absolute Gasteiger partial charge is 0.336 e. The molecule has 1 fully saturated rings. The van der Waals surface area contributed by atoms with Crippen LogP contribution in [0.5, 0.6) is 5.75 Å². The second kappa shape index (κ2) is 5.60. The SMILES string of the molecule is O=c1ccc2cc3ccoc3c(O[C@@H]3OC[C@@H](O)[C@@H](O)[C@@H]3O)c2o1. The summed E-state index contributed by atoms with van der Waals surface area (Å²) < 4.78 is 21.5. The topological polar surface area (TPSA) is 123 Å². The van der Waals surface area contributed by atoms with E-state index in [1.54, 1.807) is 18.2 Å². The Morgan fingerprint density at radius 2 is 1.83 bits per heavy atom. The van der Waals surface area contributed by atoms with Crippen LogP contribution in [0.3, 0.4) is 0 Å². The number of furan rings is 1. The van der Waals surface area contributed by atoms with Crippen molar-refractivity contribution in [2.75, 3.05) is 6.61 Å². The van der Waals surface area contributed by atoms with E-state index in [9.17, 15) is 20.1 Å². The minimum absolute atomic E-state index is 0.0813. The Kier molecular flexibility index (Phi) is 3.54. The van der Waals surface area contributed by atoms with Crippen LogP contribution < -0.4 is 10.4 Å². The molecule has 1 aromatic carbocycles. The highest BCUT2D eigenvalue weighted by Crippen LogP contribution is 2.36. The highest BCUT2D eigenvalue weighted by atomic mass is 16.7. The molecule has 8 heteroatoms. The third kappa shape index (κ3) is 2.36. The van der Waals surface area contributed by atoms with Gasteiger partial charge < -0.3 is 33.6 Å². The van der Waals surface area contributed by atoms with E-state index in [-0.39, 0.29) is 17.9 Å². The predicted octanol–water partition coefficient (Wildman–Crippen LogP) is 0.357. The molecule has 3 aromatic rings. The van der Waals surface area contributed by atoms with Gasteiger partial charge in [-0.25, -0.2) is 4.79 Å². The number of aliphatic hydroxyl groups is 3. The summed E-state index contributed by atoms with van der Waals surface area (Å²) >= 11 is 0. The van der Waals surface area contributed by atoms with Crippen LogP contribution in [-0.2, 0) is 4.74 Å². The molecule has 0 spiro atoms. The Bertz CT molecular complexity index is 942. The third-order valence-electron chi connectivity index (χ3n) is 3.97. The molecular weight excluding hydrogens is 320 g/mol. The Morgan fingerprint density at radius 3 is 2.67 bits per heavy atom. The molecule has 0 aliphatic carbocycles. The lowest BCUT2D eigenvalue weighted by Crippen LogP contribution is -2.54. The zero-order chi connectivity index (χ0) is 16.8. The first kappa shape index (κ1) is 15.2. The van der Waals surface area contributed by atoms with Crippen molar-refractivity contribution in [1.29, 1.82) is 0 Å². The zero-order valence-electron chi connectivity index (χ0n) is 12.3. The minimum atomic E-state index is -1.48. The first-order valence-corrected chi connectivity index (χ1v) is 7.31. The lowest BCUT2D eigenvalue weighted by molar-refractivity contribution is -0.241. The van der Waals surface area contributed by atoms with E-state index in [2.05, 4.69) is 0 Å². The van der Waals surface area contributed by atoms with Crippen LogP contribution >= 0.6 is 0 Å². The Labute approximate surface area is 134 Å². The fraction of sp³-hybridized carbons (Fsp3) is 0.312. The van der Waals surface area contributed by atoms with Crippen molar-refractivity contribution in [3.05, 3.63) is 40.9 Å². The largest absolute Gasteiger partial charge is 0.460 e.